The molecule has 1 aromatic rings. The number of para-hydroxylation sites is 1. The van der Waals surface area contributed by atoms with Gasteiger partial charge in [-0.2, -0.15) is 0 Å². The number of benzene rings is 1. The van der Waals surface area contributed by atoms with Gasteiger partial charge < -0.3 is 15.7 Å². The molecule has 3 N–H and O–H groups in total. The Labute approximate surface area is 121 Å². The summed E-state index contributed by atoms with van der Waals surface area (Å²) in [5, 5.41) is 13.8. The Hall–Kier alpha value is -1.82. The fourth-order valence-corrected chi connectivity index (χ4v) is 1.61. The molecule has 20 heavy (non-hydrogen) atoms. The molecule has 0 aliphatic carbocycles. The molecule has 0 aliphatic rings. The zero-order valence-corrected chi connectivity index (χ0v) is 11.9. The van der Waals surface area contributed by atoms with E-state index in [-0.39, 0.29) is 17.3 Å². The number of carbonyl (C=O) groups excluding carboxylic acids is 1. The van der Waals surface area contributed by atoms with Gasteiger partial charge >= 0.3 is 12.0 Å². The average Bonchev–Trinajstić information content (AvgIpc) is 2.40. The molecule has 2 amide bonds. The van der Waals surface area contributed by atoms with E-state index in [1.807, 2.05) is 0 Å². The third-order valence-electron chi connectivity index (χ3n) is 3.14. The molecule has 0 saturated heterocycles. The van der Waals surface area contributed by atoms with Crippen molar-refractivity contribution in [3.05, 3.63) is 29.0 Å². The average molecular weight is 303 g/mol. The summed E-state index contributed by atoms with van der Waals surface area (Å²) in [6, 6.07) is 3.31. The second-order valence-electron chi connectivity index (χ2n) is 4.62. The van der Waals surface area contributed by atoms with Gasteiger partial charge in [0.1, 0.15) is 5.82 Å². The summed E-state index contributed by atoms with van der Waals surface area (Å²) in [6.07, 6.45) is 0.350. The Morgan fingerprint density at radius 2 is 2.10 bits per heavy atom. The number of halogens is 2. The number of carboxylic acids is 1. The number of carbonyl (C=O) groups is 2. The normalized spacial score (nSPS) is 13.4. The SMILES string of the molecule is CCC(C)(CNC(=O)Nc1c(F)cccc1Cl)C(=O)O. The van der Waals surface area contributed by atoms with Gasteiger partial charge in [0, 0.05) is 6.54 Å². The fraction of sp³-hybridized carbons (Fsp3) is 0.385. The summed E-state index contributed by atoms with van der Waals surface area (Å²) in [5.74, 6) is -1.67. The van der Waals surface area contributed by atoms with E-state index in [4.69, 9.17) is 16.7 Å². The smallest absolute Gasteiger partial charge is 0.319 e. The van der Waals surface area contributed by atoms with Crippen molar-refractivity contribution < 1.29 is 19.1 Å². The third kappa shape index (κ3) is 3.84. The summed E-state index contributed by atoms with van der Waals surface area (Å²) in [6.45, 7) is 3.16. The molecule has 1 unspecified atom stereocenters. The summed E-state index contributed by atoms with van der Waals surface area (Å²) in [7, 11) is 0. The predicted octanol–water partition coefficient (Wildman–Crippen LogP) is 3.10. The lowest BCUT2D eigenvalue weighted by Crippen LogP contribution is -2.42. The van der Waals surface area contributed by atoms with Crippen molar-refractivity contribution in [3.63, 3.8) is 0 Å². The number of hydrogen-bond donors (Lipinski definition) is 3. The second-order valence-corrected chi connectivity index (χ2v) is 5.03. The number of carboxylic acid groups (broad SMARTS) is 1. The highest BCUT2D eigenvalue weighted by Crippen LogP contribution is 2.24. The summed E-state index contributed by atoms with van der Waals surface area (Å²) in [4.78, 5) is 22.7. The highest BCUT2D eigenvalue weighted by atomic mass is 35.5. The molecule has 0 aromatic heterocycles. The van der Waals surface area contributed by atoms with Crippen LogP contribution in [0.4, 0.5) is 14.9 Å². The molecule has 1 rings (SSSR count). The highest BCUT2D eigenvalue weighted by molar-refractivity contribution is 6.33. The van der Waals surface area contributed by atoms with Crippen LogP contribution < -0.4 is 10.6 Å². The van der Waals surface area contributed by atoms with Crippen molar-refractivity contribution in [1.29, 1.82) is 0 Å². The molecule has 0 bridgehead atoms. The number of nitrogens with one attached hydrogen (secondary N) is 2. The van der Waals surface area contributed by atoms with E-state index in [0.29, 0.717) is 6.42 Å². The molecule has 0 saturated carbocycles. The Morgan fingerprint density at radius 1 is 1.45 bits per heavy atom. The van der Waals surface area contributed by atoms with Gasteiger partial charge in [0.2, 0.25) is 0 Å². The Balaban J connectivity index is 2.67. The summed E-state index contributed by atoms with van der Waals surface area (Å²) >= 11 is 5.76. The highest BCUT2D eigenvalue weighted by Gasteiger charge is 2.31. The zero-order valence-electron chi connectivity index (χ0n) is 11.2. The molecule has 1 atom stereocenters. The number of amides is 2. The maximum absolute atomic E-state index is 13.5. The van der Waals surface area contributed by atoms with Crippen LogP contribution in [-0.4, -0.2) is 23.7 Å². The molecular formula is C13H16ClFN2O3. The van der Waals surface area contributed by atoms with E-state index in [1.165, 1.54) is 19.1 Å². The maximum Gasteiger partial charge on any atom is 0.319 e. The van der Waals surface area contributed by atoms with E-state index in [1.54, 1.807) is 6.92 Å². The molecular weight excluding hydrogens is 287 g/mol. The minimum atomic E-state index is -1.07. The van der Waals surface area contributed by atoms with E-state index in [2.05, 4.69) is 10.6 Å². The quantitative estimate of drug-likeness (QED) is 0.782. The lowest BCUT2D eigenvalue weighted by Gasteiger charge is -2.23. The van der Waals surface area contributed by atoms with Crippen LogP contribution in [0.15, 0.2) is 18.2 Å². The number of urea groups is 1. The molecule has 110 valence electrons. The lowest BCUT2D eigenvalue weighted by atomic mass is 9.88. The van der Waals surface area contributed by atoms with Crippen LogP contribution >= 0.6 is 11.6 Å². The Kier molecular flexibility index (Phi) is 5.33. The van der Waals surface area contributed by atoms with E-state index in [0.717, 1.165) is 6.07 Å². The molecule has 7 heteroatoms. The zero-order chi connectivity index (χ0) is 15.3. The maximum atomic E-state index is 13.5. The van der Waals surface area contributed by atoms with Crippen LogP contribution in [0, 0.1) is 11.2 Å². The largest absolute Gasteiger partial charge is 0.481 e. The van der Waals surface area contributed by atoms with Gasteiger partial charge in [-0.15, -0.1) is 0 Å². The van der Waals surface area contributed by atoms with E-state index >= 15 is 0 Å². The van der Waals surface area contributed by atoms with Crippen LogP contribution in [0.1, 0.15) is 20.3 Å². The van der Waals surface area contributed by atoms with Crippen molar-refractivity contribution in [1.82, 2.24) is 5.32 Å². The van der Waals surface area contributed by atoms with Crippen LogP contribution in [0.3, 0.4) is 0 Å². The van der Waals surface area contributed by atoms with Gasteiger partial charge in [0.15, 0.2) is 0 Å². The van der Waals surface area contributed by atoms with Crippen molar-refractivity contribution in [3.8, 4) is 0 Å². The van der Waals surface area contributed by atoms with Crippen molar-refractivity contribution in [2.75, 3.05) is 11.9 Å². The minimum absolute atomic E-state index is 0.0663. The van der Waals surface area contributed by atoms with E-state index < -0.39 is 23.2 Å². The molecule has 1 aromatic carbocycles. The van der Waals surface area contributed by atoms with Gasteiger partial charge in [-0.05, 0) is 25.5 Å². The van der Waals surface area contributed by atoms with E-state index in [9.17, 15) is 14.0 Å². The monoisotopic (exact) mass is 302 g/mol. The van der Waals surface area contributed by atoms with Crippen LogP contribution in [0.2, 0.25) is 5.02 Å². The number of hydrogen-bond acceptors (Lipinski definition) is 2. The first-order chi connectivity index (χ1) is 9.30. The molecule has 0 radical (unpaired) electrons. The minimum Gasteiger partial charge on any atom is -0.481 e. The Bertz CT molecular complexity index is 504. The van der Waals surface area contributed by atoms with Crippen molar-refractivity contribution in [2.24, 2.45) is 5.41 Å². The molecule has 0 aliphatic heterocycles. The summed E-state index contributed by atoms with van der Waals surface area (Å²) < 4.78 is 13.5. The van der Waals surface area contributed by atoms with Crippen LogP contribution in [0.25, 0.3) is 0 Å². The summed E-state index contributed by atoms with van der Waals surface area (Å²) in [5.41, 5.74) is -1.21. The molecule has 0 heterocycles. The number of anilines is 1. The van der Waals surface area contributed by atoms with Gasteiger partial charge in [0.25, 0.3) is 0 Å². The molecule has 0 spiro atoms. The Morgan fingerprint density at radius 3 is 2.60 bits per heavy atom. The second kappa shape index (κ2) is 6.56. The van der Waals surface area contributed by atoms with Gasteiger partial charge in [0.05, 0.1) is 16.1 Å². The van der Waals surface area contributed by atoms with Gasteiger partial charge in [-0.1, -0.05) is 24.6 Å². The first-order valence-corrected chi connectivity index (χ1v) is 6.40. The topological polar surface area (TPSA) is 78.4 Å². The first kappa shape index (κ1) is 16.2. The third-order valence-corrected chi connectivity index (χ3v) is 3.45. The van der Waals surface area contributed by atoms with Crippen molar-refractivity contribution >= 4 is 29.3 Å². The van der Waals surface area contributed by atoms with Crippen LogP contribution in [0.5, 0.6) is 0 Å². The first-order valence-electron chi connectivity index (χ1n) is 6.02. The van der Waals surface area contributed by atoms with Gasteiger partial charge in [-0.25, -0.2) is 9.18 Å². The lowest BCUT2D eigenvalue weighted by molar-refractivity contribution is -0.147. The number of rotatable bonds is 5. The standard InChI is InChI=1S/C13H16ClFN2O3/c1-3-13(2,11(18)19)7-16-12(20)17-10-8(14)5-4-6-9(10)15/h4-6H,3,7H2,1-2H3,(H,18,19)(H2,16,17,20). The molecule has 5 nitrogen and oxygen atoms in total. The van der Waals surface area contributed by atoms with Gasteiger partial charge in [-0.3, -0.25) is 4.79 Å². The molecule has 0 fully saturated rings. The number of aliphatic carboxylic acids is 1. The fourth-order valence-electron chi connectivity index (χ4n) is 1.40. The van der Waals surface area contributed by atoms with Crippen molar-refractivity contribution in [2.45, 2.75) is 20.3 Å². The van der Waals surface area contributed by atoms with Crippen LogP contribution in [-0.2, 0) is 4.79 Å². The predicted molar refractivity (Wildman–Crippen MR) is 74.5 cm³/mol.